The Bertz CT molecular complexity index is 497. The van der Waals surface area contributed by atoms with Gasteiger partial charge in [-0.05, 0) is 49.9 Å². The average molecular weight is 291 g/mol. The van der Waals surface area contributed by atoms with Crippen LogP contribution in [-0.4, -0.2) is 42.4 Å². The lowest BCUT2D eigenvalue weighted by atomic mass is 9.99. The predicted octanol–water partition coefficient (Wildman–Crippen LogP) is 2.31. The molecule has 1 aromatic rings. The molecule has 2 fully saturated rings. The number of nitrogens with zero attached hydrogens (tertiary/aromatic N) is 1. The van der Waals surface area contributed by atoms with Crippen LogP contribution in [0, 0.1) is 13.8 Å². The molecule has 1 aromatic carbocycles. The van der Waals surface area contributed by atoms with Crippen LogP contribution < -0.4 is 0 Å². The summed E-state index contributed by atoms with van der Waals surface area (Å²) in [7, 11) is 0. The first-order chi connectivity index (χ1) is 10.2. The van der Waals surface area contributed by atoms with E-state index in [1.54, 1.807) is 0 Å². The maximum absolute atomic E-state index is 9.45. The molecule has 0 amide bonds. The standard InChI is InChI=1S/C17H25NO3/c1-12-9-16(17-20-6-7-21-17)13(2)8-14(12)10-18-5-3-4-15(18)11-19/h8-9,15,17,19H,3-7,10-11H2,1-2H3/t15-/m1/s1. The summed E-state index contributed by atoms with van der Waals surface area (Å²) in [4.78, 5) is 2.39. The van der Waals surface area contributed by atoms with Crippen molar-refractivity contribution in [2.45, 2.75) is 45.6 Å². The van der Waals surface area contributed by atoms with Crippen LogP contribution in [0.25, 0.3) is 0 Å². The molecule has 4 heteroatoms. The molecule has 4 nitrogen and oxygen atoms in total. The summed E-state index contributed by atoms with van der Waals surface area (Å²) in [6.07, 6.45) is 2.09. The third kappa shape index (κ3) is 3.14. The van der Waals surface area contributed by atoms with Crippen molar-refractivity contribution >= 4 is 0 Å². The molecule has 2 aliphatic heterocycles. The van der Waals surface area contributed by atoms with Gasteiger partial charge >= 0.3 is 0 Å². The van der Waals surface area contributed by atoms with Gasteiger partial charge in [-0.25, -0.2) is 0 Å². The third-order valence-corrected chi connectivity index (χ3v) is 4.68. The molecular weight excluding hydrogens is 266 g/mol. The Morgan fingerprint density at radius 3 is 2.67 bits per heavy atom. The van der Waals surface area contributed by atoms with E-state index in [9.17, 15) is 5.11 Å². The summed E-state index contributed by atoms with van der Waals surface area (Å²) in [5, 5.41) is 9.45. The second-order valence-corrected chi connectivity index (χ2v) is 6.16. The minimum absolute atomic E-state index is 0.199. The zero-order valence-corrected chi connectivity index (χ0v) is 13.0. The molecular formula is C17H25NO3. The molecule has 0 aromatic heterocycles. The number of aryl methyl sites for hydroxylation is 2. The summed E-state index contributed by atoms with van der Waals surface area (Å²) in [5.74, 6) is 0. The number of rotatable bonds is 4. The smallest absolute Gasteiger partial charge is 0.184 e. The van der Waals surface area contributed by atoms with Crippen LogP contribution in [0.15, 0.2) is 12.1 Å². The first-order valence-electron chi connectivity index (χ1n) is 7.87. The number of ether oxygens (including phenoxy) is 2. The van der Waals surface area contributed by atoms with E-state index >= 15 is 0 Å². The van der Waals surface area contributed by atoms with Crippen LogP contribution in [0.1, 0.15) is 41.4 Å². The topological polar surface area (TPSA) is 41.9 Å². The van der Waals surface area contributed by atoms with Crippen molar-refractivity contribution in [2.75, 3.05) is 26.4 Å². The van der Waals surface area contributed by atoms with Gasteiger partial charge < -0.3 is 14.6 Å². The molecule has 0 radical (unpaired) electrons. The highest BCUT2D eigenvalue weighted by Crippen LogP contribution is 2.29. The lowest BCUT2D eigenvalue weighted by molar-refractivity contribution is -0.0445. The van der Waals surface area contributed by atoms with Crippen LogP contribution >= 0.6 is 0 Å². The number of aliphatic hydroxyl groups excluding tert-OH is 1. The lowest BCUT2D eigenvalue weighted by Crippen LogP contribution is -2.31. The molecule has 2 saturated heterocycles. The average Bonchev–Trinajstić information content (AvgIpc) is 3.13. The van der Waals surface area contributed by atoms with Crippen LogP contribution in [0.4, 0.5) is 0 Å². The summed E-state index contributed by atoms with van der Waals surface area (Å²) >= 11 is 0. The number of hydrogen-bond acceptors (Lipinski definition) is 4. The third-order valence-electron chi connectivity index (χ3n) is 4.68. The van der Waals surface area contributed by atoms with Crippen molar-refractivity contribution in [1.82, 2.24) is 4.90 Å². The van der Waals surface area contributed by atoms with E-state index in [1.165, 1.54) is 23.1 Å². The van der Waals surface area contributed by atoms with E-state index in [4.69, 9.17) is 9.47 Å². The first kappa shape index (κ1) is 15.0. The van der Waals surface area contributed by atoms with Gasteiger partial charge in [-0.1, -0.05) is 12.1 Å². The molecule has 0 saturated carbocycles. The van der Waals surface area contributed by atoms with Crippen molar-refractivity contribution < 1.29 is 14.6 Å². The Morgan fingerprint density at radius 2 is 1.95 bits per heavy atom. The highest BCUT2D eigenvalue weighted by molar-refractivity contribution is 5.38. The highest BCUT2D eigenvalue weighted by Gasteiger charge is 2.25. The van der Waals surface area contributed by atoms with Crippen molar-refractivity contribution in [2.24, 2.45) is 0 Å². The molecule has 1 N–H and O–H groups in total. The van der Waals surface area contributed by atoms with Gasteiger partial charge in [0.15, 0.2) is 6.29 Å². The number of hydrogen-bond donors (Lipinski definition) is 1. The van der Waals surface area contributed by atoms with Crippen LogP contribution in [-0.2, 0) is 16.0 Å². The molecule has 1 atom stereocenters. The minimum atomic E-state index is -0.199. The van der Waals surface area contributed by atoms with E-state index in [1.807, 2.05) is 0 Å². The molecule has 2 heterocycles. The Morgan fingerprint density at radius 1 is 1.19 bits per heavy atom. The molecule has 2 aliphatic rings. The fraction of sp³-hybridized carbons (Fsp3) is 0.647. The van der Waals surface area contributed by atoms with Crippen molar-refractivity contribution in [3.63, 3.8) is 0 Å². The van der Waals surface area contributed by atoms with Gasteiger partial charge in [-0.15, -0.1) is 0 Å². The second kappa shape index (κ2) is 6.44. The van der Waals surface area contributed by atoms with Crippen LogP contribution in [0.5, 0.6) is 0 Å². The van der Waals surface area contributed by atoms with Crippen LogP contribution in [0.3, 0.4) is 0 Å². The maximum atomic E-state index is 9.45. The molecule has 3 rings (SSSR count). The fourth-order valence-corrected chi connectivity index (χ4v) is 3.39. The highest BCUT2D eigenvalue weighted by atomic mass is 16.7. The van der Waals surface area contributed by atoms with Crippen molar-refractivity contribution in [3.05, 3.63) is 34.4 Å². The quantitative estimate of drug-likeness (QED) is 0.924. The fourth-order valence-electron chi connectivity index (χ4n) is 3.39. The van der Waals surface area contributed by atoms with Gasteiger partial charge in [0.05, 0.1) is 19.8 Å². The summed E-state index contributed by atoms with van der Waals surface area (Å²) in [5.41, 5.74) is 4.99. The van der Waals surface area contributed by atoms with Gasteiger partial charge in [0.2, 0.25) is 0 Å². The Kier molecular flexibility index (Phi) is 4.60. The number of benzene rings is 1. The Labute approximate surface area is 126 Å². The maximum Gasteiger partial charge on any atom is 0.184 e. The summed E-state index contributed by atoms with van der Waals surface area (Å²) < 4.78 is 11.2. The van der Waals surface area contributed by atoms with Crippen LogP contribution in [0.2, 0.25) is 0 Å². The Balaban J connectivity index is 1.78. The number of likely N-dealkylation sites (tertiary alicyclic amines) is 1. The van der Waals surface area contributed by atoms with Crippen molar-refractivity contribution in [1.29, 1.82) is 0 Å². The second-order valence-electron chi connectivity index (χ2n) is 6.16. The van der Waals surface area contributed by atoms with Crippen molar-refractivity contribution in [3.8, 4) is 0 Å². The van der Waals surface area contributed by atoms with Gasteiger partial charge in [-0.2, -0.15) is 0 Å². The lowest BCUT2D eigenvalue weighted by Gasteiger charge is -2.24. The zero-order valence-electron chi connectivity index (χ0n) is 13.0. The van der Waals surface area contributed by atoms with Gasteiger partial charge in [-0.3, -0.25) is 4.90 Å². The summed E-state index contributed by atoms with van der Waals surface area (Å²) in [6.45, 7) is 7.90. The molecule has 0 spiro atoms. The Hall–Kier alpha value is -0.940. The molecule has 0 aliphatic carbocycles. The zero-order chi connectivity index (χ0) is 14.8. The van der Waals surface area contributed by atoms with E-state index in [2.05, 4.69) is 30.9 Å². The molecule has 21 heavy (non-hydrogen) atoms. The van der Waals surface area contributed by atoms with Gasteiger partial charge in [0.25, 0.3) is 0 Å². The predicted molar refractivity (Wildman–Crippen MR) is 81.1 cm³/mol. The van der Waals surface area contributed by atoms with E-state index in [0.717, 1.165) is 25.1 Å². The monoisotopic (exact) mass is 291 g/mol. The minimum Gasteiger partial charge on any atom is -0.395 e. The largest absolute Gasteiger partial charge is 0.395 e. The van der Waals surface area contributed by atoms with E-state index in [0.29, 0.717) is 19.3 Å². The molecule has 116 valence electrons. The van der Waals surface area contributed by atoms with E-state index in [-0.39, 0.29) is 12.9 Å². The molecule has 0 bridgehead atoms. The van der Waals surface area contributed by atoms with Gasteiger partial charge in [0.1, 0.15) is 0 Å². The SMILES string of the molecule is Cc1cc(C2OCCO2)c(C)cc1CN1CCC[C@@H]1CO. The van der Waals surface area contributed by atoms with E-state index < -0.39 is 0 Å². The normalized spacial score (nSPS) is 24.0. The summed E-state index contributed by atoms with van der Waals surface area (Å²) in [6, 6.07) is 4.78. The van der Waals surface area contributed by atoms with Gasteiger partial charge in [0, 0.05) is 18.2 Å². The number of aliphatic hydroxyl groups is 1. The first-order valence-corrected chi connectivity index (χ1v) is 7.87. The molecule has 0 unspecified atom stereocenters.